The van der Waals surface area contributed by atoms with Gasteiger partial charge in [-0.05, 0) is 59.9 Å². The number of carbonyl (C=O) groups is 2. The Morgan fingerprint density at radius 3 is 2.42 bits per heavy atom. The monoisotopic (exact) mass is 502 g/mol. The van der Waals surface area contributed by atoms with Crippen molar-refractivity contribution in [3.05, 3.63) is 137 Å². The van der Waals surface area contributed by atoms with Gasteiger partial charge in [0.05, 0.1) is 12.2 Å². The number of amides is 2. The molecule has 0 spiro atoms. The van der Waals surface area contributed by atoms with Crippen molar-refractivity contribution in [2.75, 3.05) is 11.4 Å². The predicted octanol–water partition coefficient (Wildman–Crippen LogP) is 6.50. The largest absolute Gasteiger partial charge is 0.449 e. The quantitative estimate of drug-likeness (QED) is 0.294. The normalized spacial score (nSPS) is 14.5. The van der Waals surface area contributed by atoms with Gasteiger partial charge in [-0.15, -0.1) is 0 Å². The molecule has 0 aromatic heterocycles. The maximum atomic E-state index is 13.5. The molecular formula is C33H30N2O3. The third kappa shape index (κ3) is 5.68. The summed E-state index contributed by atoms with van der Waals surface area (Å²) in [5.41, 5.74) is 5.46. The summed E-state index contributed by atoms with van der Waals surface area (Å²) in [5.74, 6) is 0.751. The Morgan fingerprint density at radius 2 is 1.66 bits per heavy atom. The highest BCUT2D eigenvalue weighted by Crippen LogP contribution is 2.36. The number of nitrogens with one attached hydrogen (secondary N) is 1. The molecule has 2 amide bonds. The van der Waals surface area contributed by atoms with E-state index in [4.69, 9.17) is 4.74 Å². The summed E-state index contributed by atoms with van der Waals surface area (Å²) in [4.78, 5) is 27.9. The van der Waals surface area contributed by atoms with Crippen LogP contribution in [0.1, 0.15) is 45.5 Å². The third-order valence-electron chi connectivity index (χ3n) is 6.66. The second-order valence-corrected chi connectivity index (χ2v) is 9.60. The second-order valence-electron chi connectivity index (χ2n) is 9.60. The van der Waals surface area contributed by atoms with E-state index in [0.29, 0.717) is 24.4 Å². The Balaban J connectivity index is 1.31. The standard InChI is InChI=1S/C33H30N2O3/c1-23-9-8-10-26(19-23)22-35-29-13-6-7-14-30(29)38-31(33(35)37)20-25-15-17-28(18-16-25)32(36)34-21-24(2)27-11-4-3-5-12-27/h3-20,24H,21-22H2,1-2H3,(H,34,36)/b31-20+/t24-/m0/s1. The van der Waals surface area contributed by atoms with Crippen molar-refractivity contribution in [1.29, 1.82) is 0 Å². The molecule has 1 atom stereocenters. The lowest BCUT2D eigenvalue weighted by Gasteiger charge is -2.30. The van der Waals surface area contributed by atoms with E-state index >= 15 is 0 Å². The second kappa shape index (κ2) is 11.2. The Morgan fingerprint density at radius 1 is 0.921 bits per heavy atom. The van der Waals surface area contributed by atoms with Crippen molar-refractivity contribution in [2.45, 2.75) is 26.3 Å². The van der Waals surface area contributed by atoms with Crippen molar-refractivity contribution in [2.24, 2.45) is 0 Å². The van der Waals surface area contributed by atoms with Crippen LogP contribution < -0.4 is 15.0 Å². The fraction of sp³-hybridized carbons (Fsp3) is 0.152. The van der Waals surface area contributed by atoms with Crippen LogP contribution in [0.3, 0.4) is 0 Å². The van der Waals surface area contributed by atoms with Crippen LogP contribution in [-0.4, -0.2) is 18.4 Å². The fourth-order valence-corrected chi connectivity index (χ4v) is 4.54. The number of fused-ring (bicyclic) bond motifs is 1. The topological polar surface area (TPSA) is 58.6 Å². The first-order chi connectivity index (χ1) is 18.5. The van der Waals surface area contributed by atoms with Crippen molar-refractivity contribution >= 4 is 23.6 Å². The van der Waals surface area contributed by atoms with Crippen LogP contribution in [0.5, 0.6) is 5.75 Å². The van der Waals surface area contributed by atoms with Crippen LogP contribution in [-0.2, 0) is 11.3 Å². The molecule has 0 saturated carbocycles. The zero-order chi connectivity index (χ0) is 26.5. The molecule has 0 aliphatic carbocycles. The van der Waals surface area contributed by atoms with E-state index in [1.165, 1.54) is 5.56 Å². The van der Waals surface area contributed by atoms with Gasteiger partial charge in [0.1, 0.15) is 0 Å². The van der Waals surface area contributed by atoms with E-state index in [9.17, 15) is 9.59 Å². The predicted molar refractivity (Wildman–Crippen MR) is 151 cm³/mol. The maximum absolute atomic E-state index is 13.5. The lowest BCUT2D eigenvalue weighted by Crippen LogP contribution is -2.36. The highest BCUT2D eigenvalue weighted by molar-refractivity contribution is 6.09. The summed E-state index contributed by atoms with van der Waals surface area (Å²) in [6.07, 6.45) is 1.72. The van der Waals surface area contributed by atoms with Crippen LogP contribution in [0.4, 0.5) is 5.69 Å². The Kier molecular flexibility index (Phi) is 7.36. The Bertz CT molecular complexity index is 1480. The average molecular weight is 503 g/mol. The number of aryl methyl sites for hydroxylation is 1. The number of para-hydroxylation sites is 2. The average Bonchev–Trinajstić information content (AvgIpc) is 2.94. The molecule has 0 radical (unpaired) electrons. The summed E-state index contributed by atoms with van der Waals surface area (Å²) in [6, 6.07) is 33.0. The van der Waals surface area contributed by atoms with E-state index in [1.807, 2.05) is 79.7 Å². The number of benzene rings is 4. The Labute approximate surface area is 223 Å². The van der Waals surface area contributed by atoms with Crippen LogP contribution in [0.2, 0.25) is 0 Å². The molecule has 0 bridgehead atoms. The van der Waals surface area contributed by atoms with Gasteiger partial charge in [0.15, 0.2) is 11.5 Å². The number of hydrogen-bond donors (Lipinski definition) is 1. The van der Waals surface area contributed by atoms with Gasteiger partial charge in [-0.2, -0.15) is 0 Å². The van der Waals surface area contributed by atoms with Crippen LogP contribution >= 0.6 is 0 Å². The first kappa shape index (κ1) is 25.0. The van der Waals surface area contributed by atoms with Crippen molar-refractivity contribution in [3.63, 3.8) is 0 Å². The summed E-state index contributed by atoms with van der Waals surface area (Å²) < 4.78 is 6.02. The lowest BCUT2D eigenvalue weighted by molar-refractivity contribution is -0.117. The van der Waals surface area contributed by atoms with Crippen molar-refractivity contribution in [1.82, 2.24) is 5.32 Å². The third-order valence-corrected chi connectivity index (χ3v) is 6.66. The van der Waals surface area contributed by atoms with Gasteiger partial charge in [0.2, 0.25) is 0 Å². The molecule has 5 heteroatoms. The molecule has 1 aliphatic heterocycles. The van der Waals surface area contributed by atoms with Gasteiger partial charge in [0.25, 0.3) is 11.8 Å². The molecule has 5 nitrogen and oxygen atoms in total. The van der Waals surface area contributed by atoms with Gasteiger partial charge in [-0.25, -0.2) is 0 Å². The van der Waals surface area contributed by atoms with Gasteiger partial charge >= 0.3 is 0 Å². The first-order valence-corrected chi connectivity index (χ1v) is 12.8. The van der Waals surface area contributed by atoms with Gasteiger partial charge < -0.3 is 10.1 Å². The Hall–Kier alpha value is -4.64. The molecule has 0 saturated heterocycles. The van der Waals surface area contributed by atoms with E-state index in [-0.39, 0.29) is 23.5 Å². The van der Waals surface area contributed by atoms with Gasteiger partial charge in [0, 0.05) is 12.1 Å². The highest BCUT2D eigenvalue weighted by Gasteiger charge is 2.30. The fourth-order valence-electron chi connectivity index (χ4n) is 4.54. The van der Waals surface area contributed by atoms with E-state index < -0.39 is 0 Å². The van der Waals surface area contributed by atoms with Gasteiger partial charge in [-0.3, -0.25) is 14.5 Å². The minimum atomic E-state index is -0.207. The molecular weight excluding hydrogens is 472 g/mol. The molecule has 0 fully saturated rings. The van der Waals surface area contributed by atoms with Crippen LogP contribution in [0.25, 0.3) is 6.08 Å². The number of nitrogens with zero attached hydrogens (tertiary/aromatic N) is 1. The van der Waals surface area contributed by atoms with E-state index in [1.54, 1.807) is 23.1 Å². The zero-order valence-electron chi connectivity index (χ0n) is 21.6. The molecule has 4 aromatic carbocycles. The molecule has 5 rings (SSSR count). The number of hydrogen-bond acceptors (Lipinski definition) is 3. The SMILES string of the molecule is Cc1cccc(CN2C(=O)/C(=C\c3ccc(C(=O)NC[C@H](C)c4ccccc4)cc3)Oc3ccccc32)c1. The smallest absolute Gasteiger partial charge is 0.294 e. The van der Waals surface area contributed by atoms with Crippen molar-refractivity contribution in [3.8, 4) is 5.75 Å². The number of carbonyl (C=O) groups excluding carboxylic acids is 2. The molecule has 0 unspecified atom stereocenters. The van der Waals surface area contributed by atoms with Crippen LogP contribution in [0, 0.1) is 6.92 Å². The lowest BCUT2D eigenvalue weighted by atomic mass is 10.0. The molecule has 1 heterocycles. The summed E-state index contributed by atoms with van der Waals surface area (Å²) in [7, 11) is 0. The minimum Gasteiger partial charge on any atom is -0.449 e. The number of rotatable bonds is 7. The summed E-state index contributed by atoms with van der Waals surface area (Å²) in [5, 5.41) is 3.01. The van der Waals surface area contributed by atoms with Crippen molar-refractivity contribution < 1.29 is 14.3 Å². The number of ether oxygens (including phenoxy) is 1. The maximum Gasteiger partial charge on any atom is 0.294 e. The molecule has 4 aromatic rings. The van der Waals surface area contributed by atoms with Crippen LogP contribution in [0.15, 0.2) is 109 Å². The number of anilines is 1. The molecule has 1 N–H and O–H groups in total. The van der Waals surface area contributed by atoms with E-state index in [0.717, 1.165) is 22.4 Å². The highest BCUT2D eigenvalue weighted by atomic mass is 16.5. The van der Waals surface area contributed by atoms with Gasteiger partial charge in [-0.1, -0.05) is 91.3 Å². The zero-order valence-corrected chi connectivity index (χ0v) is 21.6. The molecule has 38 heavy (non-hydrogen) atoms. The minimum absolute atomic E-state index is 0.129. The first-order valence-electron chi connectivity index (χ1n) is 12.8. The molecule has 1 aliphatic rings. The molecule has 190 valence electrons. The summed E-state index contributed by atoms with van der Waals surface area (Å²) in [6.45, 7) is 5.12. The summed E-state index contributed by atoms with van der Waals surface area (Å²) >= 11 is 0. The van der Waals surface area contributed by atoms with E-state index in [2.05, 4.69) is 30.4 Å².